The molecule has 3 aromatic carbocycles. The molecule has 7 heteroatoms. The fourth-order valence-corrected chi connectivity index (χ4v) is 3.90. The van der Waals surface area contributed by atoms with E-state index in [-0.39, 0.29) is 18.1 Å². The van der Waals surface area contributed by atoms with Gasteiger partial charge in [-0.1, -0.05) is 54.6 Å². The summed E-state index contributed by atoms with van der Waals surface area (Å²) in [4.78, 5) is 39.1. The summed E-state index contributed by atoms with van der Waals surface area (Å²) in [7, 11) is 0. The molecule has 4 amide bonds. The van der Waals surface area contributed by atoms with Gasteiger partial charge in [0.1, 0.15) is 12.2 Å². The van der Waals surface area contributed by atoms with Crippen molar-refractivity contribution in [1.29, 1.82) is 0 Å². The molecule has 0 atom stereocenters. The van der Waals surface area contributed by atoms with Crippen molar-refractivity contribution in [3.8, 4) is 0 Å². The molecule has 0 bridgehead atoms. The molecule has 0 radical (unpaired) electrons. The Hall–Kier alpha value is -4.65. The van der Waals surface area contributed by atoms with Crippen LogP contribution in [-0.4, -0.2) is 22.4 Å². The van der Waals surface area contributed by atoms with E-state index < -0.39 is 11.9 Å². The van der Waals surface area contributed by atoms with Crippen LogP contribution in [0, 0.1) is 0 Å². The molecule has 4 aromatic rings. The number of amides is 4. The van der Waals surface area contributed by atoms with Crippen LogP contribution in [0.3, 0.4) is 0 Å². The first-order valence-corrected chi connectivity index (χ1v) is 10.4. The summed E-state index contributed by atoms with van der Waals surface area (Å²) in [6.07, 6.45) is 3.46. The van der Waals surface area contributed by atoms with Gasteiger partial charge in [-0.05, 0) is 36.4 Å². The minimum atomic E-state index is -0.497. The Kier molecular flexibility index (Phi) is 5.20. The van der Waals surface area contributed by atoms with Crippen LogP contribution < -0.4 is 15.5 Å². The van der Waals surface area contributed by atoms with Crippen LogP contribution in [0.4, 0.5) is 16.2 Å². The topological polar surface area (TPSA) is 83.4 Å². The number of anilines is 2. The number of nitrogens with zero attached hydrogens (tertiary/aromatic N) is 2. The van der Waals surface area contributed by atoms with Crippen molar-refractivity contribution in [1.82, 2.24) is 9.88 Å². The van der Waals surface area contributed by atoms with E-state index in [1.54, 1.807) is 30.3 Å². The van der Waals surface area contributed by atoms with Gasteiger partial charge in [-0.2, -0.15) is 0 Å². The normalized spacial score (nSPS) is 14.7. The van der Waals surface area contributed by atoms with Crippen molar-refractivity contribution in [3.05, 3.63) is 102 Å². The lowest BCUT2D eigenvalue weighted by Crippen LogP contribution is -2.30. The Morgan fingerprint density at radius 1 is 0.879 bits per heavy atom. The van der Waals surface area contributed by atoms with Gasteiger partial charge in [0, 0.05) is 28.4 Å². The minimum absolute atomic E-state index is 0.106. The average molecular weight is 436 g/mol. The van der Waals surface area contributed by atoms with E-state index in [9.17, 15) is 14.4 Å². The van der Waals surface area contributed by atoms with E-state index in [0.29, 0.717) is 5.69 Å². The van der Waals surface area contributed by atoms with Gasteiger partial charge < -0.3 is 15.2 Å². The van der Waals surface area contributed by atoms with E-state index in [0.717, 1.165) is 27.1 Å². The highest BCUT2D eigenvalue weighted by atomic mass is 16.2. The van der Waals surface area contributed by atoms with Crippen LogP contribution in [-0.2, 0) is 16.1 Å². The SMILES string of the molecule is O=C(Cn1cc(/C=C2\NC(=O)N(c3ccccc3)C2=O)c2ccccc21)Nc1ccccc1. The molecule has 0 unspecified atom stereocenters. The summed E-state index contributed by atoms with van der Waals surface area (Å²) < 4.78 is 1.83. The molecule has 2 N–H and O–H groups in total. The van der Waals surface area contributed by atoms with Crippen molar-refractivity contribution in [2.75, 3.05) is 10.2 Å². The summed E-state index contributed by atoms with van der Waals surface area (Å²) in [5.41, 5.74) is 2.99. The number of hydrogen-bond donors (Lipinski definition) is 2. The number of carbonyl (C=O) groups excluding carboxylic acids is 3. The molecule has 7 nitrogen and oxygen atoms in total. The first-order valence-electron chi connectivity index (χ1n) is 10.4. The Labute approximate surface area is 189 Å². The largest absolute Gasteiger partial charge is 0.337 e. The number of imide groups is 1. The van der Waals surface area contributed by atoms with Gasteiger partial charge in [0.15, 0.2) is 0 Å². The van der Waals surface area contributed by atoms with Crippen LogP contribution in [0.15, 0.2) is 96.8 Å². The summed E-state index contributed by atoms with van der Waals surface area (Å²) in [5, 5.41) is 6.41. The van der Waals surface area contributed by atoms with Gasteiger partial charge >= 0.3 is 6.03 Å². The average Bonchev–Trinajstić information content (AvgIpc) is 3.31. The lowest BCUT2D eigenvalue weighted by Gasteiger charge is -2.10. The number of fused-ring (bicyclic) bond motifs is 1. The first-order chi connectivity index (χ1) is 16.1. The van der Waals surface area contributed by atoms with Crippen LogP contribution in [0.1, 0.15) is 5.56 Å². The number of para-hydroxylation sites is 3. The predicted octanol–water partition coefficient (Wildman–Crippen LogP) is 4.38. The molecule has 1 aromatic heterocycles. The number of hydrogen-bond acceptors (Lipinski definition) is 3. The maximum Gasteiger partial charge on any atom is 0.333 e. The minimum Gasteiger partial charge on any atom is -0.337 e. The summed E-state index contributed by atoms with van der Waals surface area (Å²) in [5.74, 6) is -0.591. The molecule has 0 saturated carbocycles. The zero-order valence-electron chi connectivity index (χ0n) is 17.6. The predicted molar refractivity (Wildman–Crippen MR) is 127 cm³/mol. The molecule has 5 rings (SSSR count). The molecule has 162 valence electrons. The standard InChI is InChI=1S/C26H20N4O3/c31-24(27-19-9-3-1-4-10-19)17-29-16-18(21-13-7-8-14-23(21)29)15-22-25(32)30(26(33)28-22)20-11-5-2-6-12-20/h1-16H,17H2,(H,27,31)(H,28,33)/b22-15-. The highest BCUT2D eigenvalue weighted by Crippen LogP contribution is 2.26. The summed E-state index contributed by atoms with van der Waals surface area (Å²) in [6, 6.07) is 25.2. The second-order valence-electron chi connectivity index (χ2n) is 7.61. The van der Waals surface area contributed by atoms with E-state index in [4.69, 9.17) is 0 Å². The van der Waals surface area contributed by atoms with Crippen molar-refractivity contribution in [3.63, 3.8) is 0 Å². The Balaban J connectivity index is 1.45. The fourth-order valence-electron chi connectivity index (χ4n) is 3.90. The summed E-state index contributed by atoms with van der Waals surface area (Å²) in [6.45, 7) is 0.106. The van der Waals surface area contributed by atoms with Crippen molar-refractivity contribution < 1.29 is 14.4 Å². The van der Waals surface area contributed by atoms with Crippen LogP contribution in [0.2, 0.25) is 0 Å². The lowest BCUT2D eigenvalue weighted by molar-refractivity contribution is -0.116. The van der Waals surface area contributed by atoms with E-state index in [1.807, 2.05) is 71.4 Å². The van der Waals surface area contributed by atoms with Crippen molar-refractivity contribution >= 4 is 46.2 Å². The molecular weight excluding hydrogens is 416 g/mol. The smallest absolute Gasteiger partial charge is 0.333 e. The maximum absolute atomic E-state index is 12.9. The molecule has 0 aliphatic carbocycles. The number of benzene rings is 3. The zero-order valence-corrected chi connectivity index (χ0v) is 17.6. The number of rotatable bonds is 5. The number of carbonyl (C=O) groups is 3. The maximum atomic E-state index is 12.9. The highest BCUT2D eigenvalue weighted by molar-refractivity contribution is 6.28. The Morgan fingerprint density at radius 2 is 1.55 bits per heavy atom. The lowest BCUT2D eigenvalue weighted by atomic mass is 10.1. The molecule has 1 saturated heterocycles. The molecular formula is C26H20N4O3. The van der Waals surface area contributed by atoms with Crippen molar-refractivity contribution in [2.24, 2.45) is 0 Å². The van der Waals surface area contributed by atoms with Gasteiger partial charge in [-0.15, -0.1) is 0 Å². The number of nitrogens with one attached hydrogen (secondary N) is 2. The molecule has 2 heterocycles. The molecule has 1 aliphatic rings. The van der Waals surface area contributed by atoms with Gasteiger partial charge in [0.05, 0.1) is 5.69 Å². The molecule has 33 heavy (non-hydrogen) atoms. The van der Waals surface area contributed by atoms with Crippen LogP contribution >= 0.6 is 0 Å². The van der Waals surface area contributed by atoms with Gasteiger partial charge in [0.2, 0.25) is 5.91 Å². The number of urea groups is 1. The third-order valence-electron chi connectivity index (χ3n) is 5.38. The third-order valence-corrected chi connectivity index (χ3v) is 5.38. The highest BCUT2D eigenvalue weighted by Gasteiger charge is 2.34. The van der Waals surface area contributed by atoms with Crippen LogP contribution in [0.25, 0.3) is 17.0 Å². The van der Waals surface area contributed by atoms with Gasteiger partial charge in [0.25, 0.3) is 5.91 Å². The van der Waals surface area contributed by atoms with E-state index in [1.165, 1.54) is 0 Å². The molecule has 1 fully saturated rings. The zero-order chi connectivity index (χ0) is 22.8. The van der Waals surface area contributed by atoms with Gasteiger partial charge in [-0.25, -0.2) is 9.69 Å². The Morgan fingerprint density at radius 3 is 2.30 bits per heavy atom. The molecule has 1 aliphatic heterocycles. The summed E-state index contributed by atoms with van der Waals surface area (Å²) >= 11 is 0. The molecule has 0 spiro atoms. The monoisotopic (exact) mass is 436 g/mol. The second kappa shape index (κ2) is 8.47. The Bertz CT molecular complexity index is 1390. The first kappa shape index (κ1) is 20.3. The second-order valence-corrected chi connectivity index (χ2v) is 7.61. The third kappa shape index (κ3) is 3.99. The quantitative estimate of drug-likeness (QED) is 0.360. The van der Waals surface area contributed by atoms with E-state index >= 15 is 0 Å². The van der Waals surface area contributed by atoms with E-state index in [2.05, 4.69) is 10.6 Å². The fraction of sp³-hybridized carbons (Fsp3) is 0.0385. The van der Waals surface area contributed by atoms with Crippen LogP contribution in [0.5, 0.6) is 0 Å². The van der Waals surface area contributed by atoms with Gasteiger partial charge in [-0.3, -0.25) is 9.59 Å². The number of aromatic nitrogens is 1. The van der Waals surface area contributed by atoms with Crippen molar-refractivity contribution in [2.45, 2.75) is 6.54 Å².